The number of rotatable bonds is 3. The molecule has 1 heterocycles. The van der Waals surface area contributed by atoms with Crippen molar-refractivity contribution in [2.75, 3.05) is 20.1 Å². The molecule has 0 amide bonds. The zero-order valence-corrected chi connectivity index (χ0v) is 10.9. The highest BCUT2D eigenvalue weighted by Gasteiger charge is 2.34. The van der Waals surface area contributed by atoms with E-state index in [2.05, 4.69) is 24.9 Å². The van der Waals surface area contributed by atoms with Gasteiger partial charge in [-0.2, -0.15) is 0 Å². The molecule has 1 aromatic carbocycles. The van der Waals surface area contributed by atoms with Gasteiger partial charge in [-0.1, -0.05) is 25.5 Å². The molecule has 1 saturated heterocycles. The van der Waals surface area contributed by atoms with E-state index in [1.54, 1.807) is 6.07 Å². The first-order chi connectivity index (χ1) is 8.16. The lowest BCUT2D eigenvalue weighted by molar-refractivity contribution is 0.177. The molecule has 0 aromatic heterocycles. The number of benzene rings is 1. The maximum absolute atomic E-state index is 9.67. The Morgan fingerprint density at radius 2 is 2.00 bits per heavy atom. The SMILES string of the molecule is CCCC1(c2cccc(O)c2)CCN(C)CC1. The first-order valence-electron chi connectivity index (χ1n) is 6.64. The molecular weight excluding hydrogens is 210 g/mol. The lowest BCUT2D eigenvalue weighted by Crippen LogP contribution is -2.40. The van der Waals surface area contributed by atoms with Crippen LogP contribution in [0, 0.1) is 0 Å². The van der Waals surface area contributed by atoms with Crippen molar-refractivity contribution >= 4 is 0 Å². The highest BCUT2D eigenvalue weighted by molar-refractivity contribution is 5.33. The molecule has 0 bridgehead atoms. The average Bonchev–Trinajstić information content (AvgIpc) is 2.33. The fourth-order valence-electron chi connectivity index (χ4n) is 3.04. The predicted octanol–water partition coefficient (Wildman–Crippen LogP) is 3.16. The summed E-state index contributed by atoms with van der Waals surface area (Å²) in [5.74, 6) is 0.400. The van der Waals surface area contributed by atoms with Crippen molar-refractivity contribution in [3.05, 3.63) is 29.8 Å². The summed E-state index contributed by atoms with van der Waals surface area (Å²) >= 11 is 0. The van der Waals surface area contributed by atoms with Crippen LogP contribution in [-0.4, -0.2) is 30.1 Å². The van der Waals surface area contributed by atoms with Gasteiger partial charge in [0.1, 0.15) is 5.75 Å². The molecule has 0 spiro atoms. The predicted molar refractivity (Wildman–Crippen MR) is 71.4 cm³/mol. The number of hydrogen-bond donors (Lipinski definition) is 1. The van der Waals surface area contributed by atoms with Crippen molar-refractivity contribution in [3.8, 4) is 5.75 Å². The molecule has 1 aliphatic heterocycles. The number of likely N-dealkylation sites (tertiary alicyclic amines) is 1. The molecule has 0 radical (unpaired) electrons. The summed E-state index contributed by atoms with van der Waals surface area (Å²) in [6.45, 7) is 4.58. The molecule has 0 atom stereocenters. The van der Waals surface area contributed by atoms with E-state index >= 15 is 0 Å². The second kappa shape index (κ2) is 5.09. The zero-order chi connectivity index (χ0) is 12.3. The third-order valence-electron chi connectivity index (χ3n) is 4.13. The summed E-state index contributed by atoms with van der Waals surface area (Å²) in [6, 6.07) is 7.88. The summed E-state index contributed by atoms with van der Waals surface area (Å²) in [4.78, 5) is 2.40. The van der Waals surface area contributed by atoms with E-state index in [1.165, 1.54) is 31.2 Å². The van der Waals surface area contributed by atoms with Gasteiger partial charge in [0.15, 0.2) is 0 Å². The van der Waals surface area contributed by atoms with Crippen molar-refractivity contribution in [1.82, 2.24) is 4.90 Å². The Bertz CT molecular complexity index is 367. The topological polar surface area (TPSA) is 23.5 Å². The van der Waals surface area contributed by atoms with E-state index in [0.29, 0.717) is 11.2 Å². The number of aromatic hydroxyl groups is 1. The van der Waals surface area contributed by atoms with Gasteiger partial charge in [0.25, 0.3) is 0 Å². The highest BCUT2D eigenvalue weighted by Crippen LogP contribution is 2.40. The summed E-state index contributed by atoms with van der Waals surface area (Å²) in [5.41, 5.74) is 1.62. The highest BCUT2D eigenvalue weighted by atomic mass is 16.3. The van der Waals surface area contributed by atoms with E-state index in [4.69, 9.17) is 0 Å². The number of phenolic OH excluding ortho intramolecular Hbond substituents is 1. The molecule has 1 aromatic rings. The minimum absolute atomic E-state index is 0.292. The monoisotopic (exact) mass is 233 g/mol. The smallest absolute Gasteiger partial charge is 0.115 e. The van der Waals surface area contributed by atoms with E-state index in [1.807, 2.05) is 12.1 Å². The van der Waals surface area contributed by atoms with Gasteiger partial charge in [-0.15, -0.1) is 0 Å². The van der Waals surface area contributed by atoms with Crippen LogP contribution in [-0.2, 0) is 5.41 Å². The Kier molecular flexibility index (Phi) is 3.72. The van der Waals surface area contributed by atoms with Gasteiger partial charge in [-0.3, -0.25) is 0 Å². The number of piperidine rings is 1. The van der Waals surface area contributed by atoms with Crippen molar-refractivity contribution in [3.63, 3.8) is 0 Å². The molecule has 1 fully saturated rings. The molecule has 0 unspecified atom stereocenters. The van der Waals surface area contributed by atoms with Crippen LogP contribution >= 0.6 is 0 Å². The molecule has 2 nitrogen and oxygen atoms in total. The largest absolute Gasteiger partial charge is 0.508 e. The fourth-order valence-corrected chi connectivity index (χ4v) is 3.04. The van der Waals surface area contributed by atoms with Crippen LogP contribution in [0.5, 0.6) is 5.75 Å². The molecule has 94 valence electrons. The van der Waals surface area contributed by atoms with Crippen LogP contribution in [0.4, 0.5) is 0 Å². The van der Waals surface area contributed by atoms with E-state index in [9.17, 15) is 5.11 Å². The summed E-state index contributed by atoms with van der Waals surface area (Å²) in [7, 11) is 2.19. The van der Waals surface area contributed by atoms with E-state index in [0.717, 1.165) is 13.1 Å². The maximum atomic E-state index is 9.67. The zero-order valence-electron chi connectivity index (χ0n) is 10.9. The Balaban J connectivity index is 2.27. The number of hydrogen-bond acceptors (Lipinski definition) is 2. The van der Waals surface area contributed by atoms with Gasteiger partial charge < -0.3 is 10.0 Å². The summed E-state index contributed by atoms with van der Waals surface area (Å²) in [6.07, 6.45) is 4.85. The van der Waals surface area contributed by atoms with Crippen molar-refractivity contribution < 1.29 is 5.11 Å². The molecule has 1 N–H and O–H groups in total. The molecule has 2 rings (SSSR count). The average molecular weight is 233 g/mol. The third kappa shape index (κ3) is 2.63. The number of nitrogens with zero attached hydrogens (tertiary/aromatic N) is 1. The van der Waals surface area contributed by atoms with Gasteiger partial charge >= 0.3 is 0 Å². The third-order valence-corrected chi connectivity index (χ3v) is 4.13. The summed E-state index contributed by atoms with van der Waals surface area (Å²) in [5, 5.41) is 9.67. The van der Waals surface area contributed by atoms with Crippen LogP contribution in [0.25, 0.3) is 0 Å². The maximum Gasteiger partial charge on any atom is 0.115 e. The minimum Gasteiger partial charge on any atom is -0.508 e. The Morgan fingerprint density at radius 1 is 1.29 bits per heavy atom. The van der Waals surface area contributed by atoms with Gasteiger partial charge in [0.2, 0.25) is 0 Å². The number of phenols is 1. The van der Waals surface area contributed by atoms with Crippen molar-refractivity contribution in [2.24, 2.45) is 0 Å². The first kappa shape index (κ1) is 12.4. The fraction of sp³-hybridized carbons (Fsp3) is 0.600. The minimum atomic E-state index is 0.292. The van der Waals surface area contributed by atoms with E-state index in [-0.39, 0.29) is 0 Å². The molecule has 0 saturated carbocycles. The summed E-state index contributed by atoms with van der Waals surface area (Å²) < 4.78 is 0. The van der Waals surface area contributed by atoms with E-state index < -0.39 is 0 Å². The quantitative estimate of drug-likeness (QED) is 0.867. The van der Waals surface area contributed by atoms with Crippen molar-refractivity contribution in [1.29, 1.82) is 0 Å². The Morgan fingerprint density at radius 3 is 2.59 bits per heavy atom. The second-order valence-corrected chi connectivity index (χ2v) is 5.38. The first-order valence-corrected chi connectivity index (χ1v) is 6.64. The van der Waals surface area contributed by atoms with Crippen LogP contribution in [0.1, 0.15) is 38.2 Å². The second-order valence-electron chi connectivity index (χ2n) is 5.38. The van der Waals surface area contributed by atoms with Gasteiger partial charge in [0.05, 0.1) is 0 Å². The standard InChI is InChI=1S/C15H23NO/c1-3-7-15(8-10-16(2)11-9-15)13-5-4-6-14(17)12-13/h4-6,12,17H,3,7-11H2,1-2H3. The van der Waals surface area contributed by atoms with Crippen LogP contribution < -0.4 is 0 Å². The van der Waals surface area contributed by atoms with Crippen LogP contribution in [0.15, 0.2) is 24.3 Å². The lowest BCUT2D eigenvalue weighted by atomic mass is 9.70. The molecule has 2 heteroatoms. The van der Waals surface area contributed by atoms with Crippen molar-refractivity contribution in [2.45, 2.75) is 38.0 Å². The van der Waals surface area contributed by atoms with Gasteiger partial charge in [-0.25, -0.2) is 0 Å². The van der Waals surface area contributed by atoms with Gasteiger partial charge in [0, 0.05) is 0 Å². The normalized spacial score (nSPS) is 20.4. The van der Waals surface area contributed by atoms with Gasteiger partial charge in [-0.05, 0) is 62.5 Å². The Hall–Kier alpha value is -1.02. The Labute approximate surface area is 104 Å². The molecular formula is C15H23NO. The van der Waals surface area contributed by atoms with Crippen LogP contribution in [0.3, 0.4) is 0 Å². The molecule has 0 aliphatic carbocycles. The molecule has 17 heavy (non-hydrogen) atoms. The van der Waals surface area contributed by atoms with Crippen LogP contribution in [0.2, 0.25) is 0 Å². The lowest BCUT2D eigenvalue weighted by Gasteiger charge is -2.41. The molecule has 1 aliphatic rings.